The molecule has 2 rings (SSSR count). The molecule has 1 heterocycles. The van der Waals surface area contributed by atoms with E-state index in [1.807, 2.05) is 0 Å². The zero-order chi connectivity index (χ0) is 15.0. The highest BCUT2D eigenvalue weighted by molar-refractivity contribution is 7.91. The highest BCUT2D eigenvalue weighted by Gasteiger charge is 2.48. The number of sulfonamides is 1. The van der Waals surface area contributed by atoms with E-state index in [1.165, 1.54) is 6.92 Å². The van der Waals surface area contributed by atoms with Crippen LogP contribution in [0.25, 0.3) is 0 Å². The van der Waals surface area contributed by atoms with Crippen LogP contribution in [0.2, 0.25) is 0 Å². The van der Waals surface area contributed by atoms with Crippen molar-refractivity contribution >= 4 is 38.4 Å². The summed E-state index contributed by atoms with van der Waals surface area (Å²) in [7, 11) is -4.08. The number of carbonyl (C=O) groups excluding carboxylic acids is 1. The summed E-state index contributed by atoms with van der Waals surface area (Å²) >= 11 is 0.658. The molecule has 0 radical (unpaired) electrons. The minimum absolute atomic E-state index is 0.0378. The molecule has 0 saturated heterocycles. The standard InChI is InChI=1S/C9H12N4O5S2/c1-5(14)10-7-11-12-8(19-7)20(17,18)13-9(6(15)16)3-2-4-9/h13H,2-4H2,1H3,(H,15,16)(H,10,11,14). The van der Waals surface area contributed by atoms with Gasteiger partial charge in [0, 0.05) is 6.92 Å². The lowest BCUT2D eigenvalue weighted by atomic mass is 9.78. The summed E-state index contributed by atoms with van der Waals surface area (Å²) in [5.74, 6) is -1.61. The topological polar surface area (TPSA) is 138 Å². The Labute approximate surface area is 118 Å². The van der Waals surface area contributed by atoms with Crippen molar-refractivity contribution in [2.75, 3.05) is 5.32 Å². The van der Waals surface area contributed by atoms with Gasteiger partial charge < -0.3 is 10.4 Å². The molecule has 0 bridgehead atoms. The molecule has 1 aliphatic carbocycles. The number of nitrogens with one attached hydrogen (secondary N) is 2. The fourth-order valence-electron chi connectivity index (χ4n) is 1.71. The van der Waals surface area contributed by atoms with Gasteiger partial charge in [-0.25, -0.2) is 8.42 Å². The molecule has 1 aromatic rings. The largest absolute Gasteiger partial charge is 0.480 e. The molecule has 1 aliphatic rings. The van der Waals surface area contributed by atoms with Crippen LogP contribution in [0.15, 0.2) is 4.34 Å². The molecule has 110 valence electrons. The average Bonchev–Trinajstić information content (AvgIpc) is 2.71. The van der Waals surface area contributed by atoms with Gasteiger partial charge in [-0.2, -0.15) is 4.72 Å². The molecule has 0 aliphatic heterocycles. The second kappa shape index (κ2) is 5.07. The van der Waals surface area contributed by atoms with Crippen LogP contribution in [0.3, 0.4) is 0 Å². The SMILES string of the molecule is CC(=O)Nc1nnc(S(=O)(=O)NC2(C(=O)O)CCC2)s1. The Morgan fingerprint density at radius 1 is 1.35 bits per heavy atom. The van der Waals surface area contributed by atoms with Crippen LogP contribution in [-0.4, -0.2) is 41.1 Å². The number of carboxylic acids is 1. The number of hydrogen-bond donors (Lipinski definition) is 3. The predicted octanol–water partition coefficient (Wildman–Crippen LogP) is -0.218. The van der Waals surface area contributed by atoms with Crippen molar-refractivity contribution in [2.24, 2.45) is 0 Å². The van der Waals surface area contributed by atoms with Crippen molar-refractivity contribution in [2.45, 2.75) is 36.1 Å². The maximum atomic E-state index is 12.1. The molecule has 0 atom stereocenters. The number of aliphatic carboxylic acids is 1. The van der Waals surface area contributed by atoms with Crippen LogP contribution in [0.4, 0.5) is 5.13 Å². The molecule has 9 nitrogen and oxygen atoms in total. The van der Waals surface area contributed by atoms with Crippen molar-refractivity contribution in [1.29, 1.82) is 0 Å². The van der Waals surface area contributed by atoms with Gasteiger partial charge in [0.25, 0.3) is 10.0 Å². The number of carboxylic acid groups (broad SMARTS) is 1. The summed E-state index contributed by atoms with van der Waals surface area (Å²) in [6.07, 6.45) is 1.11. The minimum atomic E-state index is -4.08. The molecule has 0 aromatic carbocycles. The van der Waals surface area contributed by atoms with E-state index >= 15 is 0 Å². The number of carbonyl (C=O) groups is 2. The summed E-state index contributed by atoms with van der Waals surface area (Å²) in [6.45, 7) is 1.25. The van der Waals surface area contributed by atoms with Gasteiger partial charge in [0.1, 0.15) is 5.54 Å². The van der Waals surface area contributed by atoms with Gasteiger partial charge in [-0.3, -0.25) is 9.59 Å². The first-order chi connectivity index (χ1) is 9.25. The van der Waals surface area contributed by atoms with E-state index in [0.29, 0.717) is 17.8 Å². The van der Waals surface area contributed by atoms with Crippen LogP contribution < -0.4 is 10.0 Å². The van der Waals surface area contributed by atoms with Crippen molar-refractivity contribution < 1.29 is 23.1 Å². The Balaban J connectivity index is 2.20. The fourth-order valence-corrected chi connectivity index (χ4v) is 4.08. The van der Waals surface area contributed by atoms with E-state index in [0.717, 1.165) is 0 Å². The Hall–Kier alpha value is -1.59. The van der Waals surface area contributed by atoms with Crippen LogP contribution in [-0.2, 0) is 19.6 Å². The summed E-state index contributed by atoms with van der Waals surface area (Å²) in [5.41, 5.74) is -1.46. The first kappa shape index (κ1) is 14.8. The maximum absolute atomic E-state index is 12.1. The zero-order valence-electron chi connectivity index (χ0n) is 10.4. The van der Waals surface area contributed by atoms with Gasteiger partial charge in [-0.05, 0) is 19.3 Å². The van der Waals surface area contributed by atoms with Crippen LogP contribution in [0.5, 0.6) is 0 Å². The van der Waals surface area contributed by atoms with Gasteiger partial charge in [-0.1, -0.05) is 11.3 Å². The normalized spacial score (nSPS) is 17.2. The number of rotatable bonds is 5. The first-order valence-corrected chi connectivity index (χ1v) is 7.94. The van der Waals surface area contributed by atoms with Crippen molar-refractivity contribution in [3.63, 3.8) is 0 Å². The number of amides is 1. The monoisotopic (exact) mass is 320 g/mol. The minimum Gasteiger partial charge on any atom is -0.480 e. The molecule has 1 fully saturated rings. The number of anilines is 1. The van der Waals surface area contributed by atoms with Gasteiger partial charge in [0.15, 0.2) is 0 Å². The lowest BCUT2D eigenvalue weighted by Gasteiger charge is -2.37. The van der Waals surface area contributed by atoms with Crippen molar-refractivity contribution in [1.82, 2.24) is 14.9 Å². The summed E-state index contributed by atoms with van der Waals surface area (Å²) in [6, 6.07) is 0. The lowest BCUT2D eigenvalue weighted by molar-refractivity contribution is -0.147. The number of hydrogen-bond acceptors (Lipinski definition) is 7. The van der Waals surface area contributed by atoms with E-state index in [-0.39, 0.29) is 22.3 Å². The molecule has 0 spiro atoms. The smallest absolute Gasteiger partial charge is 0.324 e. The second-order valence-electron chi connectivity index (χ2n) is 4.40. The Bertz CT molecular complexity index is 649. The molecule has 20 heavy (non-hydrogen) atoms. The predicted molar refractivity (Wildman–Crippen MR) is 68.8 cm³/mol. The second-order valence-corrected chi connectivity index (χ2v) is 7.23. The van der Waals surface area contributed by atoms with Crippen LogP contribution in [0.1, 0.15) is 26.2 Å². The van der Waals surface area contributed by atoms with Gasteiger partial charge in [-0.15, -0.1) is 10.2 Å². The highest BCUT2D eigenvalue weighted by atomic mass is 32.2. The summed E-state index contributed by atoms with van der Waals surface area (Å²) in [5, 5.41) is 18.4. The zero-order valence-corrected chi connectivity index (χ0v) is 12.0. The van der Waals surface area contributed by atoms with Gasteiger partial charge in [0.05, 0.1) is 0 Å². The molecular weight excluding hydrogens is 308 g/mol. The third-order valence-electron chi connectivity index (χ3n) is 2.87. The van der Waals surface area contributed by atoms with E-state index < -0.39 is 27.4 Å². The van der Waals surface area contributed by atoms with Gasteiger partial charge >= 0.3 is 5.97 Å². The maximum Gasteiger partial charge on any atom is 0.324 e. The van der Waals surface area contributed by atoms with E-state index in [2.05, 4.69) is 20.2 Å². The summed E-state index contributed by atoms with van der Waals surface area (Å²) < 4.78 is 25.9. The Morgan fingerprint density at radius 3 is 2.45 bits per heavy atom. The molecular formula is C9H12N4O5S2. The number of aromatic nitrogens is 2. The molecule has 1 aromatic heterocycles. The van der Waals surface area contributed by atoms with Crippen molar-refractivity contribution in [3.8, 4) is 0 Å². The van der Waals surface area contributed by atoms with E-state index in [9.17, 15) is 18.0 Å². The Kier molecular flexibility index (Phi) is 3.75. The lowest BCUT2D eigenvalue weighted by Crippen LogP contribution is -2.58. The summed E-state index contributed by atoms with van der Waals surface area (Å²) in [4.78, 5) is 22.0. The third kappa shape index (κ3) is 2.78. The average molecular weight is 320 g/mol. The molecule has 1 amide bonds. The quantitative estimate of drug-likeness (QED) is 0.637. The first-order valence-electron chi connectivity index (χ1n) is 5.64. The molecule has 0 unspecified atom stereocenters. The van der Waals surface area contributed by atoms with Crippen LogP contribution >= 0.6 is 11.3 Å². The third-order valence-corrected chi connectivity index (χ3v) is 5.61. The van der Waals surface area contributed by atoms with E-state index in [4.69, 9.17) is 5.11 Å². The number of nitrogens with zero attached hydrogens (tertiary/aromatic N) is 2. The molecule has 1 saturated carbocycles. The van der Waals surface area contributed by atoms with E-state index in [1.54, 1.807) is 0 Å². The van der Waals surface area contributed by atoms with Gasteiger partial charge in [0.2, 0.25) is 15.4 Å². The highest BCUT2D eigenvalue weighted by Crippen LogP contribution is 2.34. The van der Waals surface area contributed by atoms with Crippen molar-refractivity contribution in [3.05, 3.63) is 0 Å². The fraction of sp³-hybridized carbons (Fsp3) is 0.556. The Morgan fingerprint density at radius 2 is 2.00 bits per heavy atom. The molecule has 3 N–H and O–H groups in total. The molecule has 11 heteroatoms. The van der Waals surface area contributed by atoms with Crippen LogP contribution in [0, 0.1) is 0 Å².